The summed E-state index contributed by atoms with van der Waals surface area (Å²) < 4.78 is 10.9. The lowest BCUT2D eigenvalue weighted by Crippen LogP contribution is -2.50. The second-order valence-electron chi connectivity index (χ2n) is 5.07. The van der Waals surface area contributed by atoms with Crippen LogP contribution < -0.4 is 0 Å². The Kier molecular flexibility index (Phi) is 4.19. The van der Waals surface area contributed by atoms with Crippen LogP contribution in [0, 0.1) is 0 Å². The average Bonchev–Trinajstić information content (AvgIpc) is 2.26. The van der Waals surface area contributed by atoms with E-state index in [1.165, 1.54) is 7.11 Å². The molecule has 1 aliphatic rings. The van der Waals surface area contributed by atoms with Crippen LogP contribution in [0.25, 0.3) is 0 Å². The molecule has 0 aromatic carbocycles. The van der Waals surface area contributed by atoms with Gasteiger partial charge >= 0.3 is 5.97 Å². The Hall–Kier alpha value is -1.03. The predicted molar refractivity (Wildman–Crippen MR) is 70.9 cm³/mol. The number of carbonyl (C=O) groups is 1. The van der Waals surface area contributed by atoms with Crippen molar-refractivity contribution in [3.63, 3.8) is 0 Å². The van der Waals surface area contributed by atoms with E-state index in [0.29, 0.717) is 11.1 Å². The first kappa shape index (κ1) is 14.0. The number of rotatable bonds is 3. The summed E-state index contributed by atoms with van der Waals surface area (Å²) in [4.78, 5) is 12.0. The van der Waals surface area contributed by atoms with Crippen LogP contribution in [0.15, 0.2) is 23.1 Å². The van der Waals surface area contributed by atoms with E-state index in [2.05, 4.69) is 27.7 Å². The quantitative estimate of drug-likeness (QED) is 0.572. The highest BCUT2D eigenvalue weighted by atomic mass is 28.4. The van der Waals surface area contributed by atoms with Gasteiger partial charge in [-0.1, -0.05) is 27.7 Å². The molecule has 0 bridgehead atoms. The molecule has 1 aliphatic heterocycles. The summed E-state index contributed by atoms with van der Waals surface area (Å²) in [5.41, 5.74) is 1.64. The van der Waals surface area contributed by atoms with Gasteiger partial charge in [-0.05, 0) is 29.7 Å². The third-order valence-electron chi connectivity index (χ3n) is 3.47. The number of carbonyl (C=O) groups excluding carboxylic acids is 1. The number of esters is 1. The highest BCUT2D eigenvalue weighted by Gasteiger charge is 2.52. The highest BCUT2D eigenvalue weighted by Crippen LogP contribution is 2.43. The van der Waals surface area contributed by atoms with Gasteiger partial charge in [0.25, 0.3) is 8.32 Å². The van der Waals surface area contributed by atoms with E-state index in [1.54, 1.807) is 6.26 Å². The molecule has 0 aromatic heterocycles. The fourth-order valence-corrected chi connectivity index (χ4v) is 7.20. The van der Waals surface area contributed by atoms with Crippen LogP contribution >= 0.6 is 0 Å². The monoisotopic (exact) mass is 254 g/mol. The van der Waals surface area contributed by atoms with E-state index in [1.807, 2.05) is 13.0 Å². The summed E-state index contributed by atoms with van der Waals surface area (Å²) in [6.45, 7) is 10.5. The van der Waals surface area contributed by atoms with Crippen LogP contribution in [-0.2, 0) is 14.0 Å². The van der Waals surface area contributed by atoms with Gasteiger partial charge in [0.05, 0.1) is 18.6 Å². The van der Waals surface area contributed by atoms with Crippen molar-refractivity contribution in [1.29, 1.82) is 0 Å². The summed E-state index contributed by atoms with van der Waals surface area (Å²) in [7, 11) is -0.864. The Morgan fingerprint density at radius 3 is 2.24 bits per heavy atom. The van der Waals surface area contributed by atoms with E-state index in [-0.39, 0.29) is 5.97 Å². The molecule has 0 radical (unpaired) electrons. The minimum absolute atomic E-state index is 0.235. The summed E-state index contributed by atoms with van der Waals surface area (Å²) in [5, 5.41) is 0.785. The van der Waals surface area contributed by atoms with Crippen molar-refractivity contribution in [3.8, 4) is 0 Å². The molecule has 4 heteroatoms. The topological polar surface area (TPSA) is 35.5 Å². The molecule has 0 spiro atoms. The molecule has 0 saturated carbocycles. The molecule has 3 nitrogen and oxygen atoms in total. The largest absolute Gasteiger partial charge is 0.544 e. The number of methoxy groups -OCH3 is 1. The van der Waals surface area contributed by atoms with Gasteiger partial charge < -0.3 is 9.16 Å². The Balaban J connectivity index is 3.40. The molecule has 0 saturated heterocycles. The normalized spacial score (nSPS) is 18.6. The lowest BCUT2D eigenvalue weighted by molar-refractivity contribution is -0.135. The van der Waals surface area contributed by atoms with E-state index >= 15 is 0 Å². The predicted octanol–water partition coefficient (Wildman–Crippen LogP) is 3.32. The molecule has 1 heterocycles. The minimum atomic E-state index is -2.30. The first-order valence-electron chi connectivity index (χ1n) is 6.02. The third-order valence-corrected chi connectivity index (χ3v) is 8.81. The van der Waals surface area contributed by atoms with E-state index in [9.17, 15) is 4.79 Å². The number of hydrogen-bond acceptors (Lipinski definition) is 3. The maximum Gasteiger partial charge on any atom is 0.333 e. The summed E-state index contributed by atoms with van der Waals surface area (Å²) >= 11 is 0. The van der Waals surface area contributed by atoms with Crippen LogP contribution in [0.1, 0.15) is 34.6 Å². The molecule has 0 N–H and O–H groups in total. The molecule has 0 amide bonds. The standard InChI is InChI=1S/C13H22O3Si/c1-9(2)17(10(3)4)12(13(14)15-6)11(5)7-8-16-17/h7-10H,1-6H3. The molecule has 0 aromatic rings. The van der Waals surface area contributed by atoms with Crippen LogP contribution in [0.5, 0.6) is 0 Å². The SMILES string of the molecule is COC(=O)C1=C(C)C=CO[Si]1(C(C)C)C(C)C. The van der Waals surface area contributed by atoms with E-state index in [4.69, 9.17) is 9.16 Å². The highest BCUT2D eigenvalue weighted by molar-refractivity contribution is 6.87. The molecule has 0 fully saturated rings. The zero-order valence-electron chi connectivity index (χ0n) is 11.5. The summed E-state index contributed by atoms with van der Waals surface area (Å²) in [5.74, 6) is -0.235. The molecule has 1 rings (SSSR count). The average molecular weight is 254 g/mol. The van der Waals surface area contributed by atoms with Crippen molar-refractivity contribution in [3.05, 3.63) is 23.1 Å². The number of hydrogen-bond donors (Lipinski definition) is 0. The van der Waals surface area contributed by atoms with Crippen LogP contribution in [0.4, 0.5) is 0 Å². The fourth-order valence-electron chi connectivity index (χ4n) is 2.64. The minimum Gasteiger partial charge on any atom is -0.544 e. The van der Waals surface area contributed by atoms with Gasteiger partial charge in [0, 0.05) is 0 Å². The maximum absolute atomic E-state index is 12.0. The van der Waals surface area contributed by atoms with Crippen molar-refractivity contribution in [2.75, 3.05) is 7.11 Å². The third kappa shape index (κ3) is 2.18. The first-order valence-corrected chi connectivity index (χ1v) is 8.08. The van der Waals surface area contributed by atoms with Gasteiger partial charge in [0.1, 0.15) is 0 Å². The zero-order valence-corrected chi connectivity index (χ0v) is 12.5. The zero-order chi connectivity index (χ0) is 13.2. The fraction of sp³-hybridized carbons (Fsp3) is 0.615. The molecular weight excluding hydrogens is 232 g/mol. The molecule has 17 heavy (non-hydrogen) atoms. The van der Waals surface area contributed by atoms with Crippen molar-refractivity contribution in [2.45, 2.75) is 45.7 Å². The van der Waals surface area contributed by atoms with E-state index in [0.717, 1.165) is 10.8 Å². The smallest absolute Gasteiger partial charge is 0.333 e. The lowest BCUT2D eigenvalue weighted by Gasteiger charge is -2.40. The van der Waals surface area contributed by atoms with Crippen LogP contribution in [-0.4, -0.2) is 21.4 Å². The first-order chi connectivity index (χ1) is 7.87. The van der Waals surface area contributed by atoms with Crippen LogP contribution in [0.2, 0.25) is 11.1 Å². The van der Waals surface area contributed by atoms with Gasteiger partial charge in [0.15, 0.2) is 0 Å². The molecule has 96 valence electrons. The molecule has 0 atom stereocenters. The van der Waals surface area contributed by atoms with Crippen molar-refractivity contribution >= 4 is 14.3 Å². The van der Waals surface area contributed by atoms with Crippen molar-refractivity contribution < 1.29 is 14.0 Å². The van der Waals surface area contributed by atoms with Gasteiger partial charge in [-0.2, -0.15) is 0 Å². The molecular formula is C13H22O3Si. The number of ether oxygens (including phenoxy) is 1. The van der Waals surface area contributed by atoms with Gasteiger partial charge in [0.2, 0.25) is 0 Å². The molecule has 0 aliphatic carbocycles. The van der Waals surface area contributed by atoms with E-state index < -0.39 is 8.32 Å². The second kappa shape index (κ2) is 5.08. The molecule has 0 unspecified atom stereocenters. The Morgan fingerprint density at radius 2 is 1.82 bits per heavy atom. The lowest BCUT2D eigenvalue weighted by atomic mass is 10.3. The number of allylic oxidation sites excluding steroid dienone is 2. The Morgan fingerprint density at radius 1 is 1.29 bits per heavy atom. The summed E-state index contributed by atoms with van der Waals surface area (Å²) in [6, 6.07) is 0. The van der Waals surface area contributed by atoms with Crippen molar-refractivity contribution in [1.82, 2.24) is 0 Å². The maximum atomic E-state index is 12.0. The summed E-state index contributed by atoms with van der Waals surface area (Å²) in [6.07, 6.45) is 3.59. The van der Waals surface area contributed by atoms with Gasteiger partial charge in [-0.3, -0.25) is 0 Å². The Bertz CT molecular complexity index is 359. The van der Waals surface area contributed by atoms with Crippen molar-refractivity contribution in [2.24, 2.45) is 0 Å². The second-order valence-corrected chi connectivity index (χ2v) is 9.70. The van der Waals surface area contributed by atoms with Gasteiger partial charge in [-0.15, -0.1) is 0 Å². The van der Waals surface area contributed by atoms with Crippen LogP contribution in [0.3, 0.4) is 0 Å². The Labute approximate surface area is 105 Å². The van der Waals surface area contributed by atoms with Gasteiger partial charge in [-0.25, -0.2) is 4.79 Å².